The fourth-order valence-corrected chi connectivity index (χ4v) is 5.12. The van der Waals surface area contributed by atoms with Crippen LogP contribution < -0.4 is 22.5 Å². The van der Waals surface area contributed by atoms with Crippen LogP contribution in [0.25, 0.3) is 22.3 Å². The van der Waals surface area contributed by atoms with Gasteiger partial charge in [0.15, 0.2) is 27.9 Å². The molecular weight excluding hydrogens is 705 g/mol. The SMILES string of the molecule is Cn1cnc2c1c(=O)n(Cc1ccc(Br)nc1)c(=O)n2C.Cn1cnc2c1c(=O)n(Cc1ccc(C(C)(O)C(F)(F)F)nc1)c(=O)n2C. The Balaban J connectivity index is 0.000000194. The summed E-state index contributed by atoms with van der Waals surface area (Å²) in [5.74, 6) is 0. The lowest BCUT2D eigenvalue weighted by Crippen LogP contribution is -2.40. The standard InChI is InChI=1S/C16H16F3N5O3.C13H12BrN5O2/c1-15(27,16(17,18)19)10-5-4-9(6-20-10)7-24-13(25)11-12(21-8-22(11)2)23(3)14(24)26;1-17-7-16-11-10(17)12(20)19(13(21)18(11)2)6-8-3-4-9(14)15-5-8/h4-6,8,27H,7H2,1-3H3;3-5,7H,6H2,1-2H3. The molecular formula is C29H28BrF3N10O5. The Morgan fingerprint density at radius 2 is 1.15 bits per heavy atom. The van der Waals surface area contributed by atoms with Crippen molar-refractivity contribution in [3.63, 3.8) is 0 Å². The minimum Gasteiger partial charge on any atom is -0.375 e. The van der Waals surface area contributed by atoms with Gasteiger partial charge in [-0.05, 0) is 46.1 Å². The summed E-state index contributed by atoms with van der Waals surface area (Å²) in [5, 5.41) is 9.65. The third-order valence-corrected chi connectivity index (χ3v) is 8.22. The van der Waals surface area contributed by atoms with Crippen molar-refractivity contribution in [2.45, 2.75) is 31.8 Å². The van der Waals surface area contributed by atoms with Crippen molar-refractivity contribution in [3.8, 4) is 0 Å². The van der Waals surface area contributed by atoms with Gasteiger partial charge in [0.1, 0.15) is 4.60 Å². The summed E-state index contributed by atoms with van der Waals surface area (Å²) in [5.41, 5.74) is -3.26. The molecule has 0 saturated carbocycles. The molecule has 1 atom stereocenters. The summed E-state index contributed by atoms with van der Waals surface area (Å²) in [6, 6.07) is 5.88. The Morgan fingerprint density at radius 1 is 0.708 bits per heavy atom. The van der Waals surface area contributed by atoms with Gasteiger partial charge in [0, 0.05) is 40.6 Å². The molecule has 0 bridgehead atoms. The largest absolute Gasteiger partial charge is 0.422 e. The van der Waals surface area contributed by atoms with E-state index >= 15 is 0 Å². The van der Waals surface area contributed by atoms with E-state index in [2.05, 4.69) is 35.9 Å². The minimum absolute atomic E-state index is 0.174. The van der Waals surface area contributed by atoms with E-state index < -0.39 is 34.4 Å². The number of aryl methyl sites for hydroxylation is 4. The van der Waals surface area contributed by atoms with Crippen LogP contribution in [0.2, 0.25) is 0 Å². The van der Waals surface area contributed by atoms with Crippen LogP contribution in [0.1, 0.15) is 23.7 Å². The fraction of sp³-hybridized carbons (Fsp3) is 0.310. The second-order valence-corrected chi connectivity index (χ2v) is 11.9. The molecule has 0 radical (unpaired) electrons. The molecule has 6 aromatic rings. The molecule has 0 aliphatic rings. The van der Waals surface area contributed by atoms with E-state index in [0.29, 0.717) is 28.3 Å². The van der Waals surface area contributed by atoms with Crippen LogP contribution in [-0.4, -0.2) is 58.6 Å². The van der Waals surface area contributed by atoms with Crippen molar-refractivity contribution >= 4 is 38.3 Å². The second-order valence-electron chi connectivity index (χ2n) is 11.1. The highest BCUT2D eigenvalue weighted by molar-refractivity contribution is 9.10. The summed E-state index contributed by atoms with van der Waals surface area (Å²) >= 11 is 3.25. The van der Waals surface area contributed by atoms with Crippen molar-refractivity contribution in [1.29, 1.82) is 0 Å². The zero-order valence-electron chi connectivity index (χ0n) is 26.1. The highest BCUT2D eigenvalue weighted by Crippen LogP contribution is 2.37. The van der Waals surface area contributed by atoms with Crippen molar-refractivity contribution in [2.24, 2.45) is 28.2 Å². The summed E-state index contributed by atoms with van der Waals surface area (Å²) in [7, 11) is 6.41. The van der Waals surface area contributed by atoms with Gasteiger partial charge < -0.3 is 14.2 Å². The van der Waals surface area contributed by atoms with Gasteiger partial charge in [-0.3, -0.25) is 32.8 Å². The number of alkyl halides is 3. The molecule has 0 spiro atoms. The van der Waals surface area contributed by atoms with E-state index in [4.69, 9.17) is 0 Å². The average molecular weight is 734 g/mol. The number of aliphatic hydroxyl groups is 1. The normalized spacial score (nSPS) is 13.0. The third-order valence-electron chi connectivity index (χ3n) is 7.75. The van der Waals surface area contributed by atoms with Crippen molar-refractivity contribution in [3.05, 3.63) is 112 Å². The first-order valence-electron chi connectivity index (χ1n) is 14.0. The van der Waals surface area contributed by atoms with Crippen LogP contribution in [0, 0.1) is 0 Å². The molecule has 0 aliphatic carbocycles. The number of halogens is 4. The van der Waals surface area contributed by atoms with Gasteiger partial charge >= 0.3 is 17.6 Å². The molecule has 1 N–H and O–H groups in total. The molecule has 6 rings (SSSR count). The molecule has 48 heavy (non-hydrogen) atoms. The first-order chi connectivity index (χ1) is 22.4. The first-order valence-corrected chi connectivity index (χ1v) is 14.8. The van der Waals surface area contributed by atoms with Crippen LogP contribution in [0.15, 0.2) is 73.1 Å². The minimum atomic E-state index is -4.89. The van der Waals surface area contributed by atoms with Crippen LogP contribution in [-0.2, 0) is 46.9 Å². The maximum Gasteiger partial charge on any atom is 0.422 e. The predicted molar refractivity (Wildman–Crippen MR) is 170 cm³/mol. The maximum absolute atomic E-state index is 12.9. The lowest BCUT2D eigenvalue weighted by molar-refractivity contribution is -0.260. The van der Waals surface area contributed by atoms with E-state index in [1.807, 2.05) is 6.07 Å². The summed E-state index contributed by atoms with van der Waals surface area (Å²) in [4.78, 5) is 65.8. The Labute approximate surface area is 275 Å². The number of fused-ring (bicyclic) bond motifs is 2. The third kappa shape index (κ3) is 6.01. The van der Waals surface area contributed by atoms with Gasteiger partial charge in [-0.2, -0.15) is 13.2 Å². The summed E-state index contributed by atoms with van der Waals surface area (Å²) in [6.45, 7) is 0.590. The molecule has 0 amide bonds. The van der Waals surface area contributed by atoms with E-state index in [-0.39, 0.29) is 29.8 Å². The van der Waals surface area contributed by atoms with Crippen LogP contribution in [0.3, 0.4) is 0 Å². The number of nitrogens with zero attached hydrogens (tertiary/aromatic N) is 10. The maximum atomic E-state index is 12.9. The van der Waals surface area contributed by atoms with E-state index in [9.17, 15) is 37.5 Å². The Hall–Kier alpha value is -5.17. The molecule has 19 heteroatoms. The van der Waals surface area contributed by atoms with Crippen LogP contribution >= 0.6 is 15.9 Å². The Kier molecular flexibility index (Phi) is 8.87. The van der Waals surface area contributed by atoms with Gasteiger partial charge in [0.25, 0.3) is 11.1 Å². The first kappa shape index (κ1) is 34.2. The van der Waals surface area contributed by atoms with E-state index in [1.54, 1.807) is 38.0 Å². The number of hydrogen-bond acceptors (Lipinski definition) is 9. The highest BCUT2D eigenvalue weighted by Gasteiger charge is 2.52. The van der Waals surface area contributed by atoms with Crippen molar-refractivity contribution < 1.29 is 18.3 Å². The molecule has 0 fully saturated rings. The fourth-order valence-electron chi connectivity index (χ4n) is 4.89. The zero-order chi connectivity index (χ0) is 35.3. The Bertz CT molecular complexity index is 2400. The van der Waals surface area contributed by atoms with Crippen LogP contribution in [0.4, 0.5) is 13.2 Å². The summed E-state index contributed by atoms with van der Waals surface area (Å²) in [6.07, 6.45) is 0.764. The molecule has 15 nitrogen and oxygen atoms in total. The van der Waals surface area contributed by atoms with Gasteiger partial charge in [-0.1, -0.05) is 12.1 Å². The molecule has 252 valence electrons. The zero-order valence-corrected chi connectivity index (χ0v) is 27.7. The lowest BCUT2D eigenvalue weighted by Gasteiger charge is -2.25. The molecule has 0 saturated heterocycles. The number of hydrogen-bond donors (Lipinski definition) is 1. The number of pyridine rings is 2. The second kappa shape index (κ2) is 12.5. The predicted octanol–water partition coefficient (Wildman–Crippen LogP) is 1.29. The van der Waals surface area contributed by atoms with Gasteiger partial charge in [0.05, 0.1) is 31.4 Å². The lowest BCUT2D eigenvalue weighted by atomic mass is 10.0. The number of rotatable bonds is 5. The van der Waals surface area contributed by atoms with Gasteiger partial charge in [0.2, 0.25) is 0 Å². The summed E-state index contributed by atoms with van der Waals surface area (Å²) < 4.78 is 47.2. The highest BCUT2D eigenvalue weighted by atomic mass is 79.9. The molecule has 6 aromatic heterocycles. The molecule has 0 aliphatic heterocycles. The monoisotopic (exact) mass is 732 g/mol. The quantitative estimate of drug-likeness (QED) is 0.257. The van der Waals surface area contributed by atoms with Crippen LogP contribution in [0.5, 0.6) is 0 Å². The Morgan fingerprint density at radius 3 is 1.52 bits per heavy atom. The average Bonchev–Trinajstić information content (AvgIpc) is 3.63. The van der Waals surface area contributed by atoms with E-state index in [1.165, 1.54) is 44.0 Å². The molecule has 0 aromatic carbocycles. The van der Waals surface area contributed by atoms with E-state index in [0.717, 1.165) is 22.4 Å². The van der Waals surface area contributed by atoms with Gasteiger partial charge in [-0.15, -0.1) is 0 Å². The molecule has 1 unspecified atom stereocenters. The smallest absolute Gasteiger partial charge is 0.375 e. The van der Waals surface area contributed by atoms with Crippen molar-refractivity contribution in [1.82, 2.24) is 47.3 Å². The van der Waals surface area contributed by atoms with Crippen molar-refractivity contribution in [2.75, 3.05) is 0 Å². The number of imidazole rings is 2. The molecule has 6 heterocycles. The number of aromatic nitrogens is 10. The topological polar surface area (TPSA) is 170 Å². The van der Waals surface area contributed by atoms with Gasteiger partial charge in [-0.25, -0.2) is 24.5 Å².